The van der Waals surface area contributed by atoms with Gasteiger partial charge >= 0.3 is 6.03 Å². The average Bonchev–Trinajstić information content (AvgIpc) is 3.08. The van der Waals surface area contributed by atoms with Crippen LogP contribution in [0.2, 0.25) is 0 Å². The molecule has 9 heteroatoms. The lowest BCUT2D eigenvalue weighted by Crippen LogP contribution is -2.47. The van der Waals surface area contributed by atoms with Crippen LogP contribution in [0.1, 0.15) is 36.0 Å². The first-order valence-electron chi connectivity index (χ1n) is 15.4. The van der Waals surface area contributed by atoms with Crippen molar-refractivity contribution in [3.05, 3.63) is 120 Å². The van der Waals surface area contributed by atoms with E-state index < -0.39 is 6.29 Å². The molecule has 3 N–H and O–H groups in total. The van der Waals surface area contributed by atoms with Gasteiger partial charge in [0, 0.05) is 42.5 Å². The number of benzene rings is 4. The predicted molar refractivity (Wildman–Crippen MR) is 172 cm³/mol. The molecule has 4 aromatic rings. The van der Waals surface area contributed by atoms with Gasteiger partial charge in [0.25, 0.3) is 0 Å². The van der Waals surface area contributed by atoms with Crippen molar-refractivity contribution in [1.82, 2.24) is 4.90 Å². The van der Waals surface area contributed by atoms with E-state index in [4.69, 9.17) is 18.9 Å². The van der Waals surface area contributed by atoms with Crippen LogP contribution in [0.5, 0.6) is 11.5 Å². The summed E-state index contributed by atoms with van der Waals surface area (Å²) in [4.78, 5) is 15.3. The number of carbonyl (C=O) groups is 1. The van der Waals surface area contributed by atoms with Gasteiger partial charge in [-0.2, -0.15) is 0 Å². The van der Waals surface area contributed by atoms with Crippen molar-refractivity contribution in [2.24, 2.45) is 5.92 Å². The van der Waals surface area contributed by atoms with Crippen molar-refractivity contribution >= 4 is 17.4 Å². The average molecular weight is 610 g/mol. The van der Waals surface area contributed by atoms with Gasteiger partial charge in [0.05, 0.1) is 32.0 Å². The van der Waals surface area contributed by atoms with E-state index in [9.17, 15) is 9.90 Å². The summed E-state index contributed by atoms with van der Waals surface area (Å²) in [6.45, 7) is 6.09. The fourth-order valence-corrected chi connectivity index (χ4v) is 5.65. The van der Waals surface area contributed by atoms with Gasteiger partial charge in [0.2, 0.25) is 0 Å². The quantitative estimate of drug-likeness (QED) is 0.193. The number of nitrogens with one attached hydrogen (secondary N) is 2. The molecular formula is C36H39N3O6. The van der Waals surface area contributed by atoms with Crippen LogP contribution in [0.25, 0.3) is 0 Å². The van der Waals surface area contributed by atoms with Gasteiger partial charge in [-0.15, -0.1) is 0 Å². The lowest BCUT2D eigenvalue weighted by atomic mass is 9.90. The van der Waals surface area contributed by atoms with Crippen molar-refractivity contribution in [2.75, 3.05) is 43.5 Å². The minimum absolute atomic E-state index is 0.00585. The fraction of sp³-hybridized carbons (Fsp3) is 0.306. The number of ether oxygens (including phenoxy) is 4. The third kappa shape index (κ3) is 8.08. The Morgan fingerprint density at radius 3 is 2.27 bits per heavy atom. The maximum atomic E-state index is 12.9. The normalized spacial score (nSPS) is 22.0. The van der Waals surface area contributed by atoms with Crippen LogP contribution in [-0.4, -0.2) is 55.0 Å². The van der Waals surface area contributed by atoms with Crippen LogP contribution < -0.4 is 15.4 Å². The van der Waals surface area contributed by atoms with Gasteiger partial charge in [-0.25, -0.2) is 4.79 Å². The summed E-state index contributed by atoms with van der Waals surface area (Å²) in [5.41, 5.74) is 3.96. The van der Waals surface area contributed by atoms with Crippen LogP contribution in [0.3, 0.4) is 0 Å². The lowest BCUT2D eigenvalue weighted by molar-refractivity contribution is -0.277. The molecule has 4 atom stereocenters. The fourth-order valence-electron chi connectivity index (χ4n) is 5.65. The second-order valence-corrected chi connectivity index (χ2v) is 11.4. The zero-order valence-corrected chi connectivity index (χ0v) is 25.3. The lowest BCUT2D eigenvalue weighted by Gasteiger charge is -2.43. The molecule has 0 aromatic heterocycles. The van der Waals surface area contributed by atoms with Crippen LogP contribution in [0, 0.1) is 5.92 Å². The molecule has 2 amide bonds. The third-order valence-electron chi connectivity index (χ3n) is 8.17. The van der Waals surface area contributed by atoms with Crippen molar-refractivity contribution < 1.29 is 28.8 Å². The minimum atomic E-state index is -0.628. The summed E-state index contributed by atoms with van der Waals surface area (Å²) in [7, 11) is 0. The number of amides is 2. The second kappa shape index (κ2) is 14.7. The molecule has 45 heavy (non-hydrogen) atoms. The molecular weight excluding hydrogens is 570 g/mol. The molecule has 2 heterocycles. The summed E-state index contributed by atoms with van der Waals surface area (Å²) in [5, 5.41) is 15.3. The highest BCUT2D eigenvalue weighted by molar-refractivity contribution is 5.99. The maximum absolute atomic E-state index is 12.9. The molecule has 0 radical (unpaired) electrons. The zero-order valence-electron chi connectivity index (χ0n) is 25.3. The molecule has 6 rings (SSSR count). The van der Waals surface area contributed by atoms with Crippen LogP contribution in [0.4, 0.5) is 16.2 Å². The maximum Gasteiger partial charge on any atom is 0.323 e. The topological polar surface area (TPSA) is 102 Å². The molecule has 0 bridgehead atoms. The molecule has 9 nitrogen and oxygen atoms in total. The second-order valence-electron chi connectivity index (χ2n) is 11.4. The Morgan fingerprint density at radius 2 is 1.53 bits per heavy atom. The highest BCUT2D eigenvalue weighted by atomic mass is 16.7. The highest BCUT2D eigenvalue weighted by Gasteiger charge is 2.39. The Balaban J connectivity index is 1.13. The molecule has 0 saturated carbocycles. The Kier molecular flexibility index (Phi) is 10.0. The van der Waals surface area contributed by atoms with Gasteiger partial charge in [-0.1, -0.05) is 61.5 Å². The smallest absolute Gasteiger partial charge is 0.323 e. The van der Waals surface area contributed by atoms with Gasteiger partial charge in [0.1, 0.15) is 11.5 Å². The Hall–Kier alpha value is -4.25. The first-order chi connectivity index (χ1) is 22.0. The summed E-state index contributed by atoms with van der Waals surface area (Å²) in [6.07, 6.45) is -0.925. The van der Waals surface area contributed by atoms with E-state index in [1.165, 1.54) is 0 Å². The minimum Gasteiger partial charge on any atom is -0.457 e. The summed E-state index contributed by atoms with van der Waals surface area (Å²) in [5.74, 6) is 1.51. The molecule has 2 aliphatic rings. The SMILES string of the molecule is CC1C(CN2CCOCC2)OC(c2cccc(NC(=O)Nc3ccc(Oc4ccccc4)cc3)c2)OC1c1ccc(CO)cc1. The number of morpholine rings is 1. The number of urea groups is 1. The summed E-state index contributed by atoms with van der Waals surface area (Å²) < 4.78 is 24.6. The molecule has 4 aromatic carbocycles. The van der Waals surface area contributed by atoms with Crippen LogP contribution in [0.15, 0.2) is 103 Å². The van der Waals surface area contributed by atoms with Crippen molar-refractivity contribution in [3.63, 3.8) is 0 Å². The molecule has 2 saturated heterocycles. The van der Waals surface area contributed by atoms with Crippen molar-refractivity contribution in [1.29, 1.82) is 0 Å². The number of aliphatic hydroxyl groups excluding tert-OH is 1. The van der Waals surface area contributed by atoms with Crippen LogP contribution in [-0.2, 0) is 20.8 Å². The highest BCUT2D eigenvalue weighted by Crippen LogP contribution is 2.42. The van der Waals surface area contributed by atoms with E-state index >= 15 is 0 Å². The number of hydrogen-bond donors (Lipinski definition) is 3. The van der Waals surface area contributed by atoms with E-state index in [2.05, 4.69) is 22.5 Å². The summed E-state index contributed by atoms with van der Waals surface area (Å²) in [6, 6.07) is 31.8. The Bertz CT molecular complexity index is 1530. The zero-order chi connectivity index (χ0) is 31.0. The first kappa shape index (κ1) is 30.8. The predicted octanol–water partition coefficient (Wildman–Crippen LogP) is 6.74. The number of rotatable bonds is 9. The number of hydrogen-bond acceptors (Lipinski definition) is 7. The molecule has 0 aliphatic carbocycles. The molecule has 2 aliphatic heterocycles. The van der Waals surface area contributed by atoms with Crippen LogP contribution >= 0.6 is 0 Å². The summed E-state index contributed by atoms with van der Waals surface area (Å²) >= 11 is 0. The van der Waals surface area contributed by atoms with E-state index in [1.54, 1.807) is 12.1 Å². The van der Waals surface area contributed by atoms with E-state index in [0.717, 1.165) is 42.1 Å². The molecule has 2 fully saturated rings. The van der Waals surface area contributed by atoms with E-state index in [0.29, 0.717) is 30.3 Å². The first-order valence-corrected chi connectivity index (χ1v) is 15.4. The Labute approximate surface area is 263 Å². The molecule has 234 valence electrons. The largest absolute Gasteiger partial charge is 0.457 e. The van der Waals surface area contributed by atoms with Crippen molar-refractivity contribution in [3.8, 4) is 11.5 Å². The molecule has 0 spiro atoms. The monoisotopic (exact) mass is 609 g/mol. The number of carbonyl (C=O) groups excluding carboxylic acids is 1. The number of nitrogens with zero attached hydrogens (tertiary/aromatic N) is 1. The standard InChI is InChI=1S/C36H39N3O6/c1-25-33(23-39-18-20-42-21-19-39)44-35(45-34(25)27-12-10-26(24-40)11-13-27)28-6-5-7-30(22-28)38-36(41)37-29-14-16-32(17-15-29)43-31-8-3-2-4-9-31/h2-17,22,25,33-35,40H,18-21,23-24H2,1H3,(H2,37,38,41). The Morgan fingerprint density at radius 1 is 0.822 bits per heavy atom. The number of anilines is 2. The van der Waals surface area contributed by atoms with Gasteiger partial charge < -0.3 is 34.7 Å². The number of aliphatic hydroxyl groups is 1. The number of para-hydroxylation sites is 1. The van der Waals surface area contributed by atoms with Gasteiger partial charge in [0.15, 0.2) is 6.29 Å². The van der Waals surface area contributed by atoms with Crippen molar-refractivity contribution in [2.45, 2.75) is 32.0 Å². The molecule has 4 unspecified atom stereocenters. The van der Waals surface area contributed by atoms with E-state index in [-0.39, 0.29) is 30.8 Å². The van der Waals surface area contributed by atoms with E-state index in [1.807, 2.05) is 91.0 Å². The van der Waals surface area contributed by atoms with Gasteiger partial charge in [-0.05, 0) is 59.7 Å². The van der Waals surface area contributed by atoms with Gasteiger partial charge in [-0.3, -0.25) is 4.90 Å². The third-order valence-corrected chi connectivity index (χ3v) is 8.17.